The van der Waals surface area contributed by atoms with E-state index in [2.05, 4.69) is 19.2 Å². The van der Waals surface area contributed by atoms with Crippen LogP contribution < -0.4 is 5.32 Å². The van der Waals surface area contributed by atoms with Crippen molar-refractivity contribution in [2.75, 3.05) is 0 Å². The Morgan fingerprint density at radius 3 is 2.60 bits per heavy atom. The number of amides is 2. The Morgan fingerprint density at radius 2 is 2.00 bits per heavy atom. The molecular weight excluding hydrogens is 297 g/mol. The Bertz CT molecular complexity index is 543. The van der Waals surface area contributed by atoms with Crippen LogP contribution in [0.15, 0.2) is 18.2 Å². The molecule has 1 aliphatic rings. The molecule has 2 amide bonds. The number of piperidine rings is 1. The smallest absolute Gasteiger partial charge is 0.230 e. The molecule has 0 bridgehead atoms. The maximum absolute atomic E-state index is 12.1. The first-order valence-electron chi connectivity index (χ1n) is 6.67. The fraction of sp³-hybridized carbons (Fsp3) is 0.467. The fourth-order valence-electron chi connectivity index (χ4n) is 2.71. The molecule has 20 heavy (non-hydrogen) atoms. The monoisotopic (exact) mass is 313 g/mol. The summed E-state index contributed by atoms with van der Waals surface area (Å²) >= 11 is 12.1. The van der Waals surface area contributed by atoms with Crippen LogP contribution in [0.2, 0.25) is 10.0 Å². The molecule has 0 spiro atoms. The first-order valence-corrected chi connectivity index (χ1v) is 7.42. The minimum atomic E-state index is -0.244. The highest BCUT2D eigenvalue weighted by Crippen LogP contribution is 2.39. The topological polar surface area (TPSA) is 46.2 Å². The Morgan fingerprint density at radius 1 is 1.30 bits per heavy atom. The van der Waals surface area contributed by atoms with Gasteiger partial charge in [0.25, 0.3) is 0 Å². The minimum absolute atomic E-state index is 0.177. The largest absolute Gasteiger partial charge is 0.296 e. The van der Waals surface area contributed by atoms with Gasteiger partial charge in [0.2, 0.25) is 11.8 Å². The normalized spacial score (nSPS) is 23.1. The summed E-state index contributed by atoms with van der Waals surface area (Å²) in [6.45, 7) is 4.12. The molecule has 108 valence electrons. The van der Waals surface area contributed by atoms with Crippen LogP contribution >= 0.6 is 23.2 Å². The molecule has 2 atom stereocenters. The van der Waals surface area contributed by atoms with Gasteiger partial charge >= 0.3 is 0 Å². The van der Waals surface area contributed by atoms with E-state index in [-0.39, 0.29) is 30.1 Å². The second kappa shape index (κ2) is 6.15. The van der Waals surface area contributed by atoms with Crippen LogP contribution in [0, 0.1) is 11.8 Å². The summed E-state index contributed by atoms with van der Waals surface area (Å²) in [5.74, 6) is -0.487. The van der Waals surface area contributed by atoms with Crippen LogP contribution in [0.4, 0.5) is 0 Å². The quantitative estimate of drug-likeness (QED) is 0.863. The van der Waals surface area contributed by atoms with E-state index in [9.17, 15) is 9.59 Å². The molecule has 1 saturated heterocycles. The predicted octanol–water partition coefficient (Wildman–Crippen LogP) is 3.79. The molecule has 0 saturated carbocycles. The molecule has 1 aromatic carbocycles. The molecule has 1 N–H and O–H groups in total. The van der Waals surface area contributed by atoms with E-state index in [0.717, 1.165) is 12.0 Å². The van der Waals surface area contributed by atoms with Crippen LogP contribution in [0.1, 0.15) is 38.2 Å². The van der Waals surface area contributed by atoms with Crippen LogP contribution in [0.5, 0.6) is 0 Å². The van der Waals surface area contributed by atoms with Gasteiger partial charge in [0.05, 0.1) is 0 Å². The van der Waals surface area contributed by atoms with E-state index >= 15 is 0 Å². The van der Waals surface area contributed by atoms with Gasteiger partial charge in [0, 0.05) is 28.3 Å². The fourth-order valence-corrected chi connectivity index (χ4v) is 3.26. The molecule has 3 nitrogen and oxygen atoms in total. The number of hydrogen-bond acceptors (Lipinski definition) is 2. The lowest BCUT2D eigenvalue weighted by atomic mass is 9.76. The number of carbonyl (C=O) groups is 2. The van der Waals surface area contributed by atoms with Crippen molar-refractivity contribution in [1.82, 2.24) is 5.32 Å². The van der Waals surface area contributed by atoms with Crippen molar-refractivity contribution in [3.8, 4) is 0 Å². The number of benzene rings is 1. The number of hydrogen-bond donors (Lipinski definition) is 1. The van der Waals surface area contributed by atoms with Crippen LogP contribution in [-0.2, 0) is 9.59 Å². The van der Waals surface area contributed by atoms with Crippen LogP contribution in [-0.4, -0.2) is 11.8 Å². The summed E-state index contributed by atoms with van der Waals surface area (Å²) in [5, 5.41) is 3.48. The maximum atomic E-state index is 12.1. The third-order valence-corrected chi connectivity index (χ3v) is 4.14. The number of rotatable bonds is 3. The molecule has 1 heterocycles. The lowest BCUT2D eigenvalue weighted by molar-refractivity contribution is -0.137. The number of halogens is 2. The highest BCUT2D eigenvalue weighted by Gasteiger charge is 2.37. The van der Waals surface area contributed by atoms with E-state index in [0.29, 0.717) is 16.0 Å². The van der Waals surface area contributed by atoms with Crippen molar-refractivity contribution in [2.24, 2.45) is 11.8 Å². The van der Waals surface area contributed by atoms with Gasteiger partial charge in [-0.3, -0.25) is 14.9 Å². The maximum Gasteiger partial charge on any atom is 0.230 e. The van der Waals surface area contributed by atoms with Crippen LogP contribution in [0.25, 0.3) is 0 Å². The number of carbonyl (C=O) groups excluding carboxylic acids is 2. The van der Waals surface area contributed by atoms with Crippen molar-refractivity contribution in [1.29, 1.82) is 0 Å². The zero-order valence-electron chi connectivity index (χ0n) is 11.5. The van der Waals surface area contributed by atoms with Crippen molar-refractivity contribution < 1.29 is 9.59 Å². The van der Waals surface area contributed by atoms with E-state index < -0.39 is 0 Å². The summed E-state index contributed by atoms with van der Waals surface area (Å²) in [6.07, 6.45) is 1.01. The number of imide groups is 1. The third kappa shape index (κ3) is 3.33. The minimum Gasteiger partial charge on any atom is -0.296 e. The molecule has 1 fully saturated rings. The van der Waals surface area contributed by atoms with E-state index in [1.54, 1.807) is 12.1 Å². The molecule has 2 unspecified atom stereocenters. The van der Waals surface area contributed by atoms with Gasteiger partial charge in [-0.15, -0.1) is 0 Å². The molecule has 2 rings (SSSR count). The standard InChI is InChI=1S/C15H17Cl2NO2/c1-8(2)5-12-11(7-14(19)18-15(12)20)10-4-3-9(16)6-13(10)17/h3-4,6,8,11-12H,5,7H2,1-2H3,(H,18,19,20). The Hall–Kier alpha value is -1.06. The first kappa shape index (κ1) is 15.3. The molecule has 1 aromatic rings. The molecule has 0 aliphatic carbocycles. The van der Waals surface area contributed by atoms with Crippen molar-refractivity contribution in [3.63, 3.8) is 0 Å². The zero-order valence-corrected chi connectivity index (χ0v) is 13.0. The van der Waals surface area contributed by atoms with Crippen molar-refractivity contribution in [3.05, 3.63) is 33.8 Å². The zero-order chi connectivity index (χ0) is 14.9. The molecule has 0 radical (unpaired) electrons. The van der Waals surface area contributed by atoms with Crippen molar-refractivity contribution in [2.45, 2.75) is 32.6 Å². The van der Waals surface area contributed by atoms with Gasteiger partial charge in [-0.1, -0.05) is 43.1 Å². The summed E-state index contributed by atoms with van der Waals surface area (Å²) < 4.78 is 0. The lowest BCUT2D eigenvalue weighted by Crippen LogP contribution is -2.45. The summed E-state index contributed by atoms with van der Waals surface area (Å²) in [4.78, 5) is 23.8. The van der Waals surface area contributed by atoms with E-state index in [4.69, 9.17) is 23.2 Å². The molecule has 5 heteroatoms. The van der Waals surface area contributed by atoms with Crippen molar-refractivity contribution >= 4 is 35.0 Å². The number of nitrogens with one attached hydrogen (secondary N) is 1. The molecular formula is C15H17Cl2NO2. The molecule has 1 aliphatic heterocycles. The third-order valence-electron chi connectivity index (χ3n) is 3.58. The second-order valence-corrected chi connectivity index (χ2v) is 6.47. The van der Waals surface area contributed by atoms with Gasteiger partial charge in [0.1, 0.15) is 0 Å². The summed E-state index contributed by atoms with van der Waals surface area (Å²) in [7, 11) is 0. The Labute approximate surface area is 128 Å². The summed E-state index contributed by atoms with van der Waals surface area (Å²) in [5.41, 5.74) is 0.824. The first-order chi connectivity index (χ1) is 9.38. The average Bonchev–Trinajstić information content (AvgIpc) is 2.32. The highest BCUT2D eigenvalue weighted by molar-refractivity contribution is 6.35. The summed E-state index contributed by atoms with van der Waals surface area (Å²) in [6, 6.07) is 5.21. The van der Waals surface area contributed by atoms with Gasteiger partial charge in [0.15, 0.2) is 0 Å². The van der Waals surface area contributed by atoms with Gasteiger partial charge < -0.3 is 0 Å². The Balaban J connectivity index is 2.37. The van der Waals surface area contributed by atoms with E-state index in [1.807, 2.05) is 6.07 Å². The second-order valence-electron chi connectivity index (χ2n) is 5.62. The SMILES string of the molecule is CC(C)CC1C(=O)NC(=O)CC1c1ccc(Cl)cc1Cl. The Kier molecular flexibility index (Phi) is 4.71. The van der Waals surface area contributed by atoms with Crippen LogP contribution in [0.3, 0.4) is 0 Å². The molecule has 0 aromatic heterocycles. The highest BCUT2D eigenvalue weighted by atomic mass is 35.5. The lowest BCUT2D eigenvalue weighted by Gasteiger charge is -2.32. The average molecular weight is 314 g/mol. The predicted molar refractivity (Wildman–Crippen MR) is 79.9 cm³/mol. The van der Waals surface area contributed by atoms with E-state index in [1.165, 1.54) is 0 Å². The van der Waals surface area contributed by atoms with Gasteiger partial charge in [-0.25, -0.2) is 0 Å². The van der Waals surface area contributed by atoms with Gasteiger partial charge in [-0.05, 0) is 30.0 Å². The van der Waals surface area contributed by atoms with Gasteiger partial charge in [-0.2, -0.15) is 0 Å².